The summed E-state index contributed by atoms with van der Waals surface area (Å²) in [5.41, 5.74) is 3.91. The predicted octanol–water partition coefficient (Wildman–Crippen LogP) is 3.66. The summed E-state index contributed by atoms with van der Waals surface area (Å²) in [4.78, 5) is 17.2. The van der Waals surface area contributed by atoms with Crippen molar-refractivity contribution in [2.75, 3.05) is 6.61 Å². The molecule has 6 heteroatoms. The van der Waals surface area contributed by atoms with Crippen molar-refractivity contribution in [2.24, 2.45) is 0 Å². The largest absolute Gasteiger partial charge is 0.461 e. The summed E-state index contributed by atoms with van der Waals surface area (Å²) >= 11 is 0. The molecular weight excluding hydrogens is 364 g/mol. The number of nitrogens with zero attached hydrogens (tertiary/aromatic N) is 4. The molecule has 0 spiro atoms. The van der Waals surface area contributed by atoms with E-state index in [0.717, 1.165) is 22.4 Å². The summed E-state index contributed by atoms with van der Waals surface area (Å²) in [7, 11) is 0. The molecule has 0 amide bonds. The van der Waals surface area contributed by atoms with Gasteiger partial charge < -0.3 is 4.74 Å². The van der Waals surface area contributed by atoms with Gasteiger partial charge in [-0.15, -0.1) is 0 Å². The van der Waals surface area contributed by atoms with Crippen LogP contribution in [0.5, 0.6) is 0 Å². The molecule has 0 N–H and O–H groups in total. The molecule has 6 nitrogen and oxygen atoms in total. The van der Waals surface area contributed by atoms with Crippen LogP contribution in [0.25, 0.3) is 28.3 Å². The third-order valence-electron chi connectivity index (χ3n) is 4.40. The van der Waals surface area contributed by atoms with Crippen LogP contribution in [-0.4, -0.2) is 27.8 Å². The van der Waals surface area contributed by atoms with E-state index in [4.69, 9.17) is 4.74 Å². The number of esters is 1. The van der Waals surface area contributed by atoms with Crippen molar-refractivity contribution in [3.63, 3.8) is 0 Å². The number of carbonyl (C=O) groups excluding carboxylic acids is 1. The SMILES string of the molecule is CCOC(=O)c1cc(-c2ccccc2)cc(-c2ccccc2)[n+]1-c1nccnn1. The van der Waals surface area contributed by atoms with Crippen LogP contribution in [0, 0.1) is 0 Å². The minimum atomic E-state index is -0.449. The molecule has 0 aliphatic carbocycles. The van der Waals surface area contributed by atoms with Crippen LogP contribution >= 0.6 is 0 Å². The van der Waals surface area contributed by atoms with Crippen LogP contribution in [0.1, 0.15) is 17.4 Å². The number of pyridine rings is 1. The number of hydrogen-bond acceptors (Lipinski definition) is 5. The first-order chi connectivity index (χ1) is 14.3. The monoisotopic (exact) mass is 383 g/mol. The van der Waals surface area contributed by atoms with Gasteiger partial charge in [0.05, 0.1) is 6.61 Å². The van der Waals surface area contributed by atoms with Gasteiger partial charge in [-0.2, -0.15) is 4.57 Å². The standard InChI is InChI=1S/C23H19N4O2/c1-2-29-22(28)21-16-19(17-9-5-3-6-10-17)15-20(18-11-7-4-8-12-18)27(21)23-24-13-14-25-26-23/h3-16H,2H2,1H3/q+1. The Labute approximate surface area is 168 Å². The van der Waals surface area contributed by atoms with Gasteiger partial charge in [0.2, 0.25) is 0 Å². The molecule has 2 aromatic heterocycles. The molecule has 0 bridgehead atoms. The molecule has 0 saturated heterocycles. The average Bonchev–Trinajstić information content (AvgIpc) is 2.80. The first-order valence-electron chi connectivity index (χ1n) is 9.30. The average molecular weight is 383 g/mol. The highest BCUT2D eigenvalue weighted by atomic mass is 16.5. The number of carbonyl (C=O) groups is 1. The van der Waals surface area contributed by atoms with Crippen molar-refractivity contribution in [3.05, 3.63) is 90.9 Å². The summed E-state index contributed by atoms with van der Waals surface area (Å²) in [6, 6.07) is 23.5. The summed E-state index contributed by atoms with van der Waals surface area (Å²) in [5, 5.41) is 8.07. The maximum Gasteiger partial charge on any atom is 0.461 e. The topological polar surface area (TPSA) is 68.8 Å². The number of aromatic nitrogens is 4. The normalized spacial score (nSPS) is 10.5. The number of hydrogen-bond donors (Lipinski definition) is 0. The molecular formula is C23H19N4O2+. The van der Waals surface area contributed by atoms with Gasteiger partial charge in [0.25, 0.3) is 0 Å². The smallest absolute Gasteiger partial charge is 0.460 e. The third-order valence-corrected chi connectivity index (χ3v) is 4.40. The molecule has 0 fully saturated rings. The van der Waals surface area contributed by atoms with Gasteiger partial charge in [-0.1, -0.05) is 70.7 Å². The number of ether oxygens (including phenoxy) is 1. The van der Waals surface area contributed by atoms with Crippen LogP contribution in [0.4, 0.5) is 0 Å². The van der Waals surface area contributed by atoms with E-state index in [2.05, 4.69) is 15.2 Å². The lowest BCUT2D eigenvalue weighted by Gasteiger charge is -2.13. The molecule has 0 saturated carbocycles. The molecule has 2 heterocycles. The fourth-order valence-electron chi connectivity index (χ4n) is 3.13. The van der Waals surface area contributed by atoms with Gasteiger partial charge in [0, 0.05) is 10.7 Å². The van der Waals surface area contributed by atoms with Crippen molar-refractivity contribution in [2.45, 2.75) is 6.92 Å². The molecule has 29 heavy (non-hydrogen) atoms. The van der Waals surface area contributed by atoms with Crippen molar-refractivity contribution in [1.29, 1.82) is 0 Å². The highest BCUT2D eigenvalue weighted by Crippen LogP contribution is 2.26. The number of rotatable bonds is 5. The fourth-order valence-corrected chi connectivity index (χ4v) is 3.13. The maximum atomic E-state index is 12.9. The molecule has 4 rings (SSSR count). The van der Waals surface area contributed by atoms with E-state index in [0.29, 0.717) is 11.6 Å². The summed E-state index contributed by atoms with van der Waals surface area (Å²) in [5.74, 6) is -0.149. The van der Waals surface area contributed by atoms with Gasteiger partial charge in [-0.3, -0.25) is 0 Å². The van der Waals surface area contributed by atoms with Gasteiger partial charge in [0.15, 0.2) is 5.69 Å². The van der Waals surface area contributed by atoms with E-state index >= 15 is 0 Å². The second-order valence-corrected chi connectivity index (χ2v) is 6.25. The Morgan fingerprint density at radius 3 is 2.21 bits per heavy atom. The Morgan fingerprint density at radius 1 is 0.897 bits per heavy atom. The first kappa shape index (κ1) is 18.4. The Morgan fingerprint density at radius 2 is 1.59 bits per heavy atom. The van der Waals surface area contributed by atoms with Gasteiger partial charge in [0.1, 0.15) is 18.1 Å². The van der Waals surface area contributed by atoms with Crippen LogP contribution in [0.2, 0.25) is 0 Å². The van der Waals surface area contributed by atoms with Gasteiger partial charge in [-0.05, 0) is 30.2 Å². The zero-order valence-electron chi connectivity index (χ0n) is 15.9. The lowest BCUT2D eigenvalue weighted by Crippen LogP contribution is -2.43. The van der Waals surface area contributed by atoms with Gasteiger partial charge >= 0.3 is 11.9 Å². The molecule has 0 atom stereocenters. The van der Waals surface area contributed by atoms with Crippen LogP contribution in [0.15, 0.2) is 85.2 Å². The van der Waals surface area contributed by atoms with Crippen molar-refractivity contribution >= 4 is 5.97 Å². The quantitative estimate of drug-likeness (QED) is 0.389. The minimum Gasteiger partial charge on any atom is -0.460 e. The van der Waals surface area contributed by atoms with E-state index in [1.807, 2.05) is 66.7 Å². The lowest BCUT2D eigenvalue weighted by atomic mass is 10.0. The van der Waals surface area contributed by atoms with Crippen molar-refractivity contribution < 1.29 is 14.1 Å². The molecule has 0 aliphatic rings. The Balaban J connectivity index is 2.05. The van der Waals surface area contributed by atoms with Crippen molar-refractivity contribution in [1.82, 2.24) is 15.2 Å². The second kappa shape index (κ2) is 8.39. The van der Waals surface area contributed by atoms with Crippen LogP contribution < -0.4 is 4.57 Å². The highest BCUT2D eigenvalue weighted by molar-refractivity contribution is 5.88. The number of benzene rings is 2. The van der Waals surface area contributed by atoms with E-state index in [9.17, 15) is 4.79 Å². The van der Waals surface area contributed by atoms with E-state index < -0.39 is 5.97 Å². The van der Waals surface area contributed by atoms with Crippen molar-refractivity contribution in [3.8, 4) is 28.3 Å². The lowest BCUT2D eigenvalue weighted by molar-refractivity contribution is -0.595. The summed E-state index contributed by atoms with van der Waals surface area (Å²) < 4.78 is 7.02. The molecule has 4 aromatic rings. The Bertz CT molecular complexity index is 1120. The highest BCUT2D eigenvalue weighted by Gasteiger charge is 2.27. The predicted molar refractivity (Wildman–Crippen MR) is 108 cm³/mol. The zero-order valence-corrected chi connectivity index (χ0v) is 15.9. The maximum absolute atomic E-state index is 12.9. The zero-order chi connectivity index (χ0) is 20.1. The van der Waals surface area contributed by atoms with E-state index in [-0.39, 0.29) is 6.61 Å². The summed E-state index contributed by atoms with van der Waals surface area (Å²) in [6.45, 7) is 2.05. The van der Waals surface area contributed by atoms with E-state index in [1.54, 1.807) is 23.8 Å². The Hall–Kier alpha value is -3.93. The molecule has 2 aromatic carbocycles. The summed E-state index contributed by atoms with van der Waals surface area (Å²) in [6.07, 6.45) is 3.04. The second-order valence-electron chi connectivity index (χ2n) is 6.25. The Kier molecular flexibility index (Phi) is 5.33. The molecule has 142 valence electrons. The van der Waals surface area contributed by atoms with Crippen LogP contribution in [0.3, 0.4) is 0 Å². The molecule has 0 aliphatic heterocycles. The van der Waals surface area contributed by atoms with E-state index in [1.165, 1.54) is 6.20 Å². The fraction of sp³-hybridized carbons (Fsp3) is 0.0870. The first-order valence-corrected chi connectivity index (χ1v) is 9.30. The van der Waals surface area contributed by atoms with Crippen LogP contribution in [-0.2, 0) is 4.74 Å². The third kappa shape index (κ3) is 3.87. The molecule has 0 unspecified atom stereocenters. The molecule has 0 radical (unpaired) electrons. The van der Waals surface area contributed by atoms with Gasteiger partial charge in [-0.25, -0.2) is 4.79 Å². The minimum absolute atomic E-state index is 0.267.